The van der Waals surface area contributed by atoms with Gasteiger partial charge in [0.2, 0.25) is 0 Å². The highest BCUT2D eigenvalue weighted by Gasteiger charge is 2.34. The lowest BCUT2D eigenvalue weighted by Gasteiger charge is -2.38. The minimum atomic E-state index is -0.677. The second kappa shape index (κ2) is 6.51. The van der Waals surface area contributed by atoms with Gasteiger partial charge in [0.05, 0.1) is 26.4 Å². The lowest BCUT2D eigenvalue weighted by atomic mass is 10.1. The van der Waals surface area contributed by atoms with Gasteiger partial charge < -0.3 is 18.8 Å². The molecule has 7 nitrogen and oxygen atoms in total. The zero-order valence-electron chi connectivity index (χ0n) is 14.0. The fourth-order valence-electron chi connectivity index (χ4n) is 2.89. The van der Waals surface area contributed by atoms with Gasteiger partial charge in [-0.3, -0.25) is 9.78 Å². The third kappa shape index (κ3) is 2.88. The van der Waals surface area contributed by atoms with Gasteiger partial charge in [-0.05, 0) is 24.3 Å². The van der Waals surface area contributed by atoms with Crippen molar-refractivity contribution in [1.29, 1.82) is 0 Å². The number of fused-ring (bicyclic) bond motifs is 1. The smallest absolute Gasteiger partial charge is 0.349 e. The van der Waals surface area contributed by atoms with E-state index in [2.05, 4.69) is 4.98 Å². The largest absolute Gasteiger partial charge is 0.493 e. The van der Waals surface area contributed by atoms with Crippen molar-refractivity contribution in [1.82, 2.24) is 9.88 Å². The standard InChI is InChI=1S/C19H16N2O5/c1-24-16-6-2-4-12-8-15(19(23)26-17(12)16)18(22)21-10-14(11-21)25-13-5-3-7-20-9-13/h2-9,14H,10-11H2,1H3. The van der Waals surface area contributed by atoms with Crippen LogP contribution in [-0.4, -0.2) is 42.1 Å². The van der Waals surface area contributed by atoms with E-state index in [9.17, 15) is 9.59 Å². The Kier molecular flexibility index (Phi) is 4.04. The van der Waals surface area contributed by atoms with Crippen LogP contribution >= 0.6 is 0 Å². The number of nitrogens with zero attached hydrogens (tertiary/aromatic N) is 2. The highest BCUT2D eigenvalue weighted by atomic mass is 16.5. The highest BCUT2D eigenvalue weighted by Crippen LogP contribution is 2.25. The SMILES string of the molecule is COc1cccc2cc(C(=O)N3CC(Oc4cccnc4)C3)c(=O)oc12. The quantitative estimate of drug-likeness (QED) is 0.669. The van der Waals surface area contributed by atoms with Gasteiger partial charge in [0.1, 0.15) is 17.4 Å². The number of methoxy groups -OCH3 is 1. The molecule has 1 fully saturated rings. The predicted octanol–water partition coefficient (Wildman–Crippen LogP) is 2.10. The molecule has 2 aromatic heterocycles. The Morgan fingerprint density at radius 3 is 2.85 bits per heavy atom. The molecular weight excluding hydrogens is 336 g/mol. The van der Waals surface area contributed by atoms with Gasteiger partial charge in [-0.2, -0.15) is 0 Å². The molecule has 1 saturated heterocycles. The molecule has 0 aliphatic carbocycles. The molecule has 7 heteroatoms. The molecule has 0 atom stereocenters. The Hall–Kier alpha value is -3.35. The van der Waals surface area contributed by atoms with Crippen LogP contribution in [0.2, 0.25) is 0 Å². The normalized spacial score (nSPS) is 14.1. The molecule has 0 radical (unpaired) electrons. The Morgan fingerprint density at radius 1 is 1.27 bits per heavy atom. The predicted molar refractivity (Wildman–Crippen MR) is 93.6 cm³/mol. The lowest BCUT2D eigenvalue weighted by Crippen LogP contribution is -2.56. The molecule has 26 heavy (non-hydrogen) atoms. The van der Waals surface area contributed by atoms with Crippen molar-refractivity contribution in [2.75, 3.05) is 20.2 Å². The number of aromatic nitrogens is 1. The molecule has 0 saturated carbocycles. The summed E-state index contributed by atoms with van der Waals surface area (Å²) in [4.78, 5) is 30.4. The van der Waals surface area contributed by atoms with E-state index in [1.54, 1.807) is 47.6 Å². The summed E-state index contributed by atoms with van der Waals surface area (Å²) in [5.41, 5.74) is -0.341. The Balaban J connectivity index is 1.51. The van der Waals surface area contributed by atoms with Crippen molar-refractivity contribution in [3.63, 3.8) is 0 Å². The molecule has 1 aromatic carbocycles. The number of likely N-dealkylation sites (tertiary alicyclic amines) is 1. The number of amides is 1. The number of pyridine rings is 1. The number of hydrogen-bond donors (Lipinski definition) is 0. The number of carbonyl (C=O) groups excluding carboxylic acids is 1. The zero-order chi connectivity index (χ0) is 18.1. The van der Waals surface area contributed by atoms with Crippen LogP contribution in [0.15, 0.2) is 58.0 Å². The summed E-state index contributed by atoms with van der Waals surface area (Å²) < 4.78 is 16.2. The molecule has 1 aliphatic rings. The number of rotatable bonds is 4. The van der Waals surface area contributed by atoms with Crippen molar-refractivity contribution in [3.05, 3.63) is 64.8 Å². The van der Waals surface area contributed by atoms with Crippen molar-refractivity contribution in [3.8, 4) is 11.5 Å². The van der Waals surface area contributed by atoms with Crippen molar-refractivity contribution in [2.24, 2.45) is 0 Å². The Bertz CT molecular complexity index is 1010. The fraction of sp³-hybridized carbons (Fsp3) is 0.211. The molecular formula is C19H16N2O5. The summed E-state index contributed by atoms with van der Waals surface area (Å²) in [6, 6.07) is 10.4. The van der Waals surface area contributed by atoms with Crippen LogP contribution in [0.4, 0.5) is 0 Å². The van der Waals surface area contributed by atoms with Gasteiger partial charge in [-0.15, -0.1) is 0 Å². The first-order valence-electron chi connectivity index (χ1n) is 8.12. The van der Waals surface area contributed by atoms with E-state index in [0.717, 1.165) is 0 Å². The average Bonchev–Trinajstić information content (AvgIpc) is 2.63. The first-order chi connectivity index (χ1) is 12.7. The lowest BCUT2D eigenvalue weighted by molar-refractivity contribution is 0.0173. The van der Waals surface area contributed by atoms with E-state index in [-0.39, 0.29) is 17.6 Å². The minimum Gasteiger partial charge on any atom is -0.493 e. The molecule has 4 rings (SSSR count). The van der Waals surface area contributed by atoms with Crippen LogP contribution in [0.1, 0.15) is 10.4 Å². The molecule has 0 N–H and O–H groups in total. The Labute approximate surface area is 148 Å². The molecule has 0 unspecified atom stereocenters. The number of para-hydroxylation sites is 1. The maximum absolute atomic E-state index is 12.6. The van der Waals surface area contributed by atoms with E-state index >= 15 is 0 Å². The molecule has 0 spiro atoms. The molecule has 1 amide bonds. The van der Waals surface area contributed by atoms with Gasteiger partial charge in [0.15, 0.2) is 11.3 Å². The molecule has 0 bridgehead atoms. The van der Waals surface area contributed by atoms with Crippen LogP contribution in [0.3, 0.4) is 0 Å². The maximum atomic E-state index is 12.6. The Morgan fingerprint density at radius 2 is 2.12 bits per heavy atom. The summed E-state index contributed by atoms with van der Waals surface area (Å²) >= 11 is 0. The van der Waals surface area contributed by atoms with Crippen LogP contribution in [-0.2, 0) is 0 Å². The zero-order valence-corrected chi connectivity index (χ0v) is 14.0. The minimum absolute atomic E-state index is 0.00517. The molecule has 3 aromatic rings. The number of ether oxygens (including phenoxy) is 2. The van der Waals surface area contributed by atoms with Crippen LogP contribution in [0.5, 0.6) is 11.5 Å². The van der Waals surface area contributed by atoms with Gasteiger partial charge in [0, 0.05) is 11.6 Å². The first kappa shape index (κ1) is 16.1. The summed E-state index contributed by atoms with van der Waals surface area (Å²) in [7, 11) is 1.50. The van der Waals surface area contributed by atoms with Gasteiger partial charge in [-0.1, -0.05) is 12.1 Å². The van der Waals surface area contributed by atoms with E-state index < -0.39 is 5.63 Å². The van der Waals surface area contributed by atoms with Gasteiger partial charge in [0.25, 0.3) is 5.91 Å². The first-order valence-corrected chi connectivity index (χ1v) is 8.12. The van der Waals surface area contributed by atoms with Crippen molar-refractivity contribution < 1.29 is 18.7 Å². The summed E-state index contributed by atoms with van der Waals surface area (Å²) in [5, 5.41) is 0.635. The van der Waals surface area contributed by atoms with Crippen LogP contribution in [0.25, 0.3) is 11.0 Å². The third-order valence-corrected chi connectivity index (χ3v) is 4.25. The van der Waals surface area contributed by atoms with E-state index in [1.807, 2.05) is 6.07 Å². The average molecular weight is 352 g/mol. The molecule has 1 aliphatic heterocycles. The fourth-order valence-corrected chi connectivity index (χ4v) is 2.89. The summed E-state index contributed by atoms with van der Waals surface area (Å²) in [5.74, 6) is 0.740. The maximum Gasteiger partial charge on any atom is 0.349 e. The highest BCUT2D eigenvalue weighted by molar-refractivity contribution is 5.97. The van der Waals surface area contributed by atoms with Gasteiger partial charge in [-0.25, -0.2) is 4.79 Å². The number of benzene rings is 1. The number of carbonyl (C=O) groups is 1. The van der Waals surface area contributed by atoms with Crippen LogP contribution < -0.4 is 15.1 Å². The monoisotopic (exact) mass is 352 g/mol. The second-order valence-electron chi connectivity index (χ2n) is 5.96. The summed E-state index contributed by atoms with van der Waals surface area (Å²) in [6.07, 6.45) is 3.17. The molecule has 3 heterocycles. The number of hydrogen-bond acceptors (Lipinski definition) is 6. The third-order valence-electron chi connectivity index (χ3n) is 4.25. The van der Waals surface area contributed by atoms with Gasteiger partial charge >= 0.3 is 5.63 Å². The topological polar surface area (TPSA) is 81.9 Å². The van der Waals surface area contributed by atoms with E-state index in [1.165, 1.54) is 7.11 Å². The van der Waals surface area contributed by atoms with E-state index in [4.69, 9.17) is 13.9 Å². The molecule has 132 valence electrons. The van der Waals surface area contributed by atoms with Crippen LogP contribution in [0, 0.1) is 0 Å². The van der Waals surface area contributed by atoms with E-state index in [0.29, 0.717) is 35.6 Å². The van der Waals surface area contributed by atoms with Crippen molar-refractivity contribution >= 4 is 16.9 Å². The second-order valence-corrected chi connectivity index (χ2v) is 5.96. The van der Waals surface area contributed by atoms with Crippen molar-refractivity contribution in [2.45, 2.75) is 6.10 Å². The summed E-state index contributed by atoms with van der Waals surface area (Å²) in [6.45, 7) is 0.812.